The van der Waals surface area contributed by atoms with Gasteiger partial charge in [0.25, 0.3) is 0 Å². The molecule has 2 aromatic rings. The lowest BCUT2D eigenvalue weighted by molar-refractivity contribution is -0.136. The van der Waals surface area contributed by atoms with E-state index >= 15 is 0 Å². The van der Waals surface area contributed by atoms with E-state index < -0.39 is 5.97 Å². The lowest BCUT2D eigenvalue weighted by atomic mass is 9.87. The van der Waals surface area contributed by atoms with Gasteiger partial charge in [-0.05, 0) is 30.7 Å². The molecule has 1 aliphatic rings. The normalized spacial score (nSPS) is 17.9. The third-order valence-corrected chi connectivity index (χ3v) is 4.94. The number of aliphatic carboxylic acids is 1. The van der Waals surface area contributed by atoms with E-state index in [4.69, 9.17) is 5.11 Å². The van der Waals surface area contributed by atoms with Crippen molar-refractivity contribution in [2.45, 2.75) is 38.5 Å². The summed E-state index contributed by atoms with van der Waals surface area (Å²) in [7, 11) is 0. The van der Waals surface area contributed by atoms with Crippen LogP contribution in [-0.4, -0.2) is 27.6 Å². The first kappa shape index (κ1) is 13.3. The van der Waals surface area contributed by atoms with Crippen molar-refractivity contribution in [2.75, 3.05) is 11.9 Å². The van der Waals surface area contributed by atoms with Gasteiger partial charge >= 0.3 is 5.97 Å². The molecule has 2 N–H and O–H groups in total. The van der Waals surface area contributed by atoms with Gasteiger partial charge in [0, 0.05) is 11.4 Å². The number of fused-ring (bicyclic) bond motifs is 3. The lowest BCUT2D eigenvalue weighted by Gasteiger charge is -2.19. The first-order valence-corrected chi connectivity index (χ1v) is 7.70. The fourth-order valence-corrected chi connectivity index (χ4v) is 4.14. The minimum absolute atomic E-state index is 0.0907. The molecule has 3 rings (SSSR count). The van der Waals surface area contributed by atoms with E-state index in [1.165, 1.54) is 23.3 Å². The van der Waals surface area contributed by atoms with E-state index in [0.29, 0.717) is 12.5 Å². The molecule has 0 radical (unpaired) electrons. The van der Waals surface area contributed by atoms with E-state index in [2.05, 4.69) is 22.2 Å². The molecule has 0 fully saturated rings. The number of nitrogens with one attached hydrogen (secondary N) is 1. The predicted molar refractivity (Wildman–Crippen MR) is 79.5 cm³/mol. The fourth-order valence-electron chi connectivity index (χ4n) is 2.84. The SMILES string of the molecule is C[C@H]1CCCc2sc3ncnc(NCCC(=O)O)c3c21. The monoisotopic (exact) mass is 291 g/mol. The van der Waals surface area contributed by atoms with E-state index in [1.807, 2.05) is 0 Å². The van der Waals surface area contributed by atoms with Crippen LogP contribution >= 0.6 is 11.3 Å². The highest BCUT2D eigenvalue weighted by atomic mass is 32.1. The average Bonchev–Trinajstić information content (AvgIpc) is 2.78. The quantitative estimate of drug-likeness (QED) is 0.905. The first-order chi connectivity index (χ1) is 9.66. The van der Waals surface area contributed by atoms with E-state index in [-0.39, 0.29) is 6.42 Å². The number of carboxylic acid groups (broad SMARTS) is 1. The summed E-state index contributed by atoms with van der Waals surface area (Å²) < 4.78 is 0. The number of hydrogen-bond donors (Lipinski definition) is 2. The zero-order chi connectivity index (χ0) is 14.1. The lowest BCUT2D eigenvalue weighted by Crippen LogP contribution is -2.10. The highest BCUT2D eigenvalue weighted by molar-refractivity contribution is 7.19. The molecule has 20 heavy (non-hydrogen) atoms. The molecule has 2 aromatic heterocycles. The van der Waals surface area contributed by atoms with Crippen molar-refractivity contribution in [3.63, 3.8) is 0 Å². The molecule has 0 spiro atoms. The Morgan fingerprint density at radius 2 is 2.40 bits per heavy atom. The van der Waals surface area contributed by atoms with Gasteiger partial charge in [-0.15, -0.1) is 11.3 Å². The number of carboxylic acids is 1. The van der Waals surface area contributed by atoms with Gasteiger partial charge in [-0.3, -0.25) is 4.79 Å². The standard InChI is InChI=1S/C14H17N3O2S/c1-8-3-2-4-9-11(8)12-13(15-6-5-10(18)19)16-7-17-14(12)20-9/h7-8H,2-6H2,1H3,(H,18,19)(H,15,16,17)/t8-/m0/s1. The summed E-state index contributed by atoms with van der Waals surface area (Å²) in [4.78, 5) is 21.7. The van der Waals surface area contributed by atoms with E-state index in [0.717, 1.165) is 22.5 Å². The van der Waals surface area contributed by atoms with Crippen LogP contribution in [0.2, 0.25) is 0 Å². The van der Waals surface area contributed by atoms with Gasteiger partial charge in [0.05, 0.1) is 11.8 Å². The maximum absolute atomic E-state index is 10.6. The summed E-state index contributed by atoms with van der Waals surface area (Å²) in [5.41, 5.74) is 1.37. The van der Waals surface area contributed by atoms with Crippen molar-refractivity contribution in [1.82, 2.24) is 9.97 Å². The van der Waals surface area contributed by atoms with Gasteiger partial charge in [-0.1, -0.05) is 6.92 Å². The van der Waals surface area contributed by atoms with Crippen LogP contribution in [0, 0.1) is 0 Å². The summed E-state index contributed by atoms with van der Waals surface area (Å²) in [5, 5.41) is 13.0. The molecule has 106 valence electrons. The van der Waals surface area contributed by atoms with E-state index in [9.17, 15) is 4.79 Å². The molecule has 0 amide bonds. The average molecular weight is 291 g/mol. The molecule has 1 aliphatic carbocycles. The van der Waals surface area contributed by atoms with Crippen LogP contribution < -0.4 is 5.32 Å². The molecule has 0 unspecified atom stereocenters. The van der Waals surface area contributed by atoms with Gasteiger partial charge in [0.2, 0.25) is 0 Å². The Kier molecular flexibility index (Phi) is 3.56. The Labute approximate surface area is 121 Å². The summed E-state index contributed by atoms with van der Waals surface area (Å²) in [6, 6.07) is 0. The molecule has 1 atom stereocenters. The van der Waals surface area contributed by atoms with Crippen molar-refractivity contribution in [3.05, 3.63) is 16.8 Å². The third kappa shape index (κ3) is 2.35. The Balaban J connectivity index is 1.99. The molecule has 0 saturated heterocycles. The molecular formula is C14H17N3O2S. The Hall–Kier alpha value is -1.69. The highest BCUT2D eigenvalue weighted by Gasteiger charge is 2.24. The minimum Gasteiger partial charge on any atom is -0.481 e. The first-order valence-electron chi connectivity index (χ1n) is 6.88. The second-order valence-corrected chi connectivity index (χ2v) is 6.29. The fraction of sp³-hybridized carbons (Fsp3) is 0.500. The van der Waals surface area contributed by atoms with Crippen LogP contribution in [0.15, 0.2) is 6.33 Å². The zero-order valence-corrected chi connectivity index (χ0v) is 12.2. The number of hydrogen-bond acceptors (Lipinski definition) is 5. The van der Waals surface area contributed by atoms with Gasteiger partial charge in [-0.2, -0.15) is 0 Å². The number of aromatic nitrogens is 2. The minimum atomic E-state index is -0.802. The summed E-state index contributed by atoms with van der Waals surface area (Å²) in [6.07, 6.45) is 5.19. The van der Waals surface area contributed by atoms with Gasteiger partial charge in [0.15, 0.2) is 0 Å². The van der Waals surface area contributed by atoms with Crippen molar-refractivity contribution < 1.29 is 9.90 Å². The largest absolute Gasteiger partial charge is 0.481 e. The van der Waals surface area contributed by atoms with Crippen LogP contribution in [0.4, 0.5) is 5.82 Å². The summed E-state index contributed by atoms with van der Waals surface area (Å²) in [5.74, 6) is 0.504. The maximum atomic E-state index is 10.6. The number of aryl methyl sites for hydroxylation is 1. The van der Waals surface area contributed by atoms with Crippen molar-refractivity contribution in [1.29, 1.82) is 0 Å². The molecule has 5 nitrogen and oxygen atoms in total. The van der Waals surface area contributed by atoms with E-state index in [1.54, 1.807) is 17.7 Å². The van der Waals surface area contributed by atoms with Gasteiger partial charge in [-0.25, -0.2) is 9.97 Å². The third-order valence-electron chi connectivity index (χ3n) is 3.77. The van der Waals surface area contributed by atoms with Crippen molar-refractivity contribution in [3.8, 4) is 0 Å². The smallest absolute Gasteiger partial charge is 0.305 e. The van der Waals surface area contributed by atoms with Crippen LogP contribution in [0.3, 0.4) is 0 Å². The summed E-state index contributed by atoms with van der Waals surface area (Å²) in [6.45, 7) is 2.64. The Morgan fingerprint density at radius 3 is 3.20 bits per heavy atom. The number of nitrogens with zero attached hydrogens (tertiary/aromatic N) is 2. The molecule has 0 saturated carbocycles. The van der Waals surface area contributed by atoms with Crippen LogP contribution in [0.25, 0.3) is 10.2 Å². The van der Waals surface area contributed by atoms with Crippen molar-refractivity contribution in [2.24, 2.45) is 0 Å². The van der Waals surface area contributed by atoms with Crippen LogP contribution in [0.5, 0.6) is 0 Å². The molecule has 0 aromatic carbocycles. The predicted octanol–water partition coefficient (Wildman–Crippen LogP) is 3.02. The Bertz CT molecular complexity index is 653. The number of carbonyl (C=O) groups is 1. The van der Waals surface area contributed by atoms with Crippen LogP contribution in [0.1, 0.15) is 42.5 Å². The maximum Gasteiger partial charge on any atom is 0.305 e. The second-order valence-electron chi connectivity index (χ2n) is 5.21. The number of rotatable bonds is 4. The second kappa shape index (κ2) is 5.36. The summed E-state index contributed by atoms with van der Waals surface area (Å²) >= 11 is 1.75. The molecule has 0 bridgehead atoms. The van der Waals surface area contributed by atoms with Gasteiger partial charge < -0.3 is 10.4 Å². The topological polar surface area (TPSA) is 75.1 Å². The number of anilines is 1. The molecule has 6 heteroatoms. The molecular weight excluding hydrogens is 274 g/mol. The zero-order valence-electron chi connectivity index (χ0n) is 11.3. The Morgan fingerprint density at radius 1 is 1.55 bits per heavy atom. The molecule has 2 heterocycles. The molecule has 0 aliphatic heterocycles. The van der Waals surface area contributed by atoms with Crippen molar-refractivity contribution >= 4 is 33.3 Å². The highest BCUT2D eigenvalue weighted by Crippen LogP contribution is 2.43. The van der Waals surface area contributed by atoms with Crippen LogP contribution in [-0.2, 0) is 11.2 Å². The number of thiophene rings is 1. The van der Waals surface area contributed by atoms with Gasteiger partial charge in [0.1, 0.15) is 17.0 Å².